The Morgan fingerprint density at radius 1 is 0.912 bits per heavy atom. The van der Waals surface area contributed by atoms with Gasteiger partial charge in [-0.1, -0.05) is 88.1 Å². The van der Waals surface area contributed by atoms with Gasteiger partial charge in [0, 0.05) is 37.9 Å². The predicted molar refractivity (Wildman–Crippen MR) is 211 cm³/mol. The number of esters is 1. The number of benzene rings is 2. The summed E-state index contributed by atoms with van der Waals surface area (Å²) >= 11 is 0. The Morgan fingerprint density at radius 3 is 2.46 bits per heavy atom. The van der Waals surface area contributed by atoms with Gasteiger partial charge in [-0.05, 0) is 66.8 Å². The molecule has 2 aliphatic carbocycles. The number of fused-ring (bicyclic) bond motifs is 5. The first kappa shape index (κ1) is 40.1. The van der Waals surface area contributed by atoms with Crippen molar-refractivity contribution >= 4 is 23.9 Å². The Kier molecular flexibility index (Phi) is 12.2. The zero-order chi connectivity index (χ0) is 39.6. The van der Waals surface area contributed by atoms with Crippen LogP contribution < -0.4 is 10.6 Å². The molecule has 6 fully saturated rings. The molecule has 12 nitrogen and oxygen atoms in total. The second-order valence-electron chi connectivity index (χ2n) is 17.0. The van der Waals surface area contributed by atoms with Crippen molar-refractivity contribution in [1.82, 2.24) is 15.7 Å². The van der Waals surface area contributed by atoms with Crippen LogP contribution in [0.1, 0.15) is 118 Å². The van der Waals surface area contributed by atoms with Gasteiger partial charge >= 0.3 is 5.97 Å². The van der Waals surface area contributed by atoms with Gasteiger partial charge in [0.1, 0.15) is 29.8 Å². The van der Waals surface area contributed by atoms with Crippen molar-refractivity contribution < 1.29 is 43.3 Å². The fourth-order valence-corrected chi connectivity index (χ4v) is 9.97. The van der Waals surface area contributed by atoms with Gasteiger partial charge in [0.05, 0.1) is 25.4 Å². The Morgan fingerprint density at radius 2 is 1.68 bits per heavy atom. The van der Waals surface area contributed by atoms with E-state index in [-0.39, 0.29) is 44.5 Å². The number of epoxide rings is 1. The van der Waals surface area contributed by atoms with Crippen LogP contribution in [0.5, 0.6) is 0 Å². The molecule has 0 radical (unpaired) electrons. The van der Waals surface area contributed by atoms with Crippen molar-refractivity contribution in [3.05, 3.63) is 76.9 Å². The number of aliphatic hydroxyl groups is 1. The van der Waals surface area contributed by atoms with Crippen molar-refractivity contribution in [2.75, 3.05) is 13.2 Å². The first-order valence-electron chi connectivity index (χ1n) is 21.4. The zero-order valence-electron chi connectivity index (χ0n) is 33.4. The normalized spacial score (nSPS) is 32.1. The van der Waals surface area contributed by atoms with Crippen molar-refractivity contribution in [3.8, 4) is 0 Å². The van der Waals surface area contributed by atoms with Gasteiger partial charge in [-0.25, -0.2) is 0 Å². The summed E-state index contributed by atoms with van der Waals surface area (Å²) in [6.07, 6.45) is 13.8. The topological polar surface area (TPSA) is 148 Å². The lowest BCUT2D eigenvalue weighted by Crippen LogP contribution is -2.69. The lowest BCUT2D eigenvalue weighted by Gasteiger charge is -2.48. The van der Waals surface area contributed by atoms with Crippen molar-refractivity contribution in [2.24, 2.45) is 11.3 Å². The molecule has 4 heterocycles. The van der Waals surface area contributed by atoms with Gasteiger partial charge < -0.3 is 34.7 Å². The fourth-order valence-electron chi connectivity index (χ4n) is 9.97. The smallest absolute Gasteiger partial charge is 0.327 e. The standard InChI is InChI=1S/C45H59N3O9/c1-3-5-7-19-44(20-8-6-4-2)55-37-36-26-45(43(52)47-27-31-12-10-14-33(24-31)41(50)46-21-22-49)39(42(51)54-36)48(57-40(45)38(37)56-44)28-32-13-9-11-29(23-32)15-16-30-17-18-34-35(25-30)53-34/h9-16,23-24,30,34-40,49H,3-8,17-22,25-28H2,1-2H3,(H,46,50)(H,47,52)/t30?,34?,35?,36-,37+,38+,39-,40-,45-/m1/s1. The SMILES string of the molecule is CCCCCC1(CCCCC)O[C@@H]2[C@H](O1)[C@H]1ON(Cc3cccc(C=CC4CCC5OC5C4)c3)[C@@H]3C(=O)O[C@@H]2C[C@]13C(=O)NCc1cccc(C(=O)NCCO)c1. The van der Waals surface area contributed by atoms with Crippen LogP contribution >= 0.6 is 0 Å². The summed E-state index contributed by atoms with van der Waals surface area (Å²) in [7, 11) is 0. The van der Waals surface area contributed by atoms with Crippen LogP contribution in [-0.4, -0.2) is 89.6 Å². The predicted octanol–water partition coefficient (Wildman–Crippen LogP) is 5.75. The molecule has 57 heavy (non-hydrogen) atoms. The van der Waals surface area contributed by atoms with Crippen LogP contribution in [0.3, 0.4) is 0 Å². The number of rotatable bonds is 18. The highest BCUT2D eigenvalue weighted by Gasteiger charge is 2.76. The molecule has 308 valence electrons. The number of hydrogen-bond donors (Lipinski definition) is 3. The summed E-state index contributed by atoms with van der Waals surface area (Å²) in [5.74, 6) is -1.49. The second kappa shape index (κ2) is 17.3. The van der Waals surface area contributed by atoms with Gasteiger partial charge in [-0.2, -0.15) is 5.06 Å². The number of carbonyl (C=O) groups is 3. The van der Waals surface area contributed by atoms with Gasteiger partial charge in [0.2, 0.25) is 5.91 Å². The lowest BCUT2D eigenvalue weighted by atomic mass is 9.62. The van der Waals surface area contributed by atoms with Crippen molar-refractivity contribution in [2.45, 2.75) is 152 Å². The van der Waals surface area contributed by atoms with Crippen LogP contribution in [0, 0.1) is 11.3 Å². The molecule has 2 bridgehead atoms. The van der Waals surface area contributed by atoms with E-state index in [9.17, 15) is 14.4 Å². The summed E-state index contributed by atoms with van der Waals surface area (Å²) in [6, 6.07) is 14.2. The average Bonchev–Trinajstić information content (AvgIpc) is 3.77. The molecule has 0 spiro atoms. The molecule has 8 rings (SSSR count). The number of hydroxylamine groups is 2. The molecule has 2 saturated carbocycles. The fraction of sp³-hybridized carbons (Fsp3) is 0.622. The number of hydrogen-bond acceptors (Lipinski definition) is 10. The van der Waals surface area contributed by atoms with E-state index in [0.29, 0.717) is 23.7 Å². The molecular formula is C45H59N3O9. The minimum Gasteiger partial charge on any atom is -0.458 e. The van der Waals surface area contributed by atoms with Crippen LogP contribution in [0.2, 0.25) is 0 Å². The molecule has 0 aromatic heterocycles. The molecule has 3 unspecified atom stereocenters. The van der Waals surface area contributed by atoms with Crippen LogP contribution in [0.4, 0.5) is 0 Å². The minimum atomic E-state index is -1.31. The van der Waals surface area contributed by atoms with E-state index < -0.39 is 47.6 Å². The van der Waals surface area contributed by atoms with E-state index >= 15 is 0 Å². The van der Waals surface area contributed by atoms with Gasteiger partial charge in [0.25, 0.3) is 5.91 Å². The summed E-state index contributed by atoms with van der Waals surface area (Å²) in [5.41, 5.74) is 1.83. The van der Waals surface area contributed by atoms with Crippen LogP contribution in [-0.2, 0) is 46.5 Å². The van der Waals surface area contributed by atoms with E-state index in [4.69, 9.17) is 28.9 Å². The number of amides is 2. The van der Waals surface area contributed by atoms with Crippen molar-refractivity contribution in [1.29, 1.82) is 0 Å². The number of carbonyl (C=O) groups excluding carboxylic acids is 3. The first-order chi connectivity index (χ1) is 27.8. The second-order valence-corrected chi connectivity index (χ2v) is 17.0. The summed E-state index contributed by atoms with van der Waals surface area (Å²) in [6.45, 7) is 4.72. The summed E-state index contributed by atoms with van der Waals surface area (Å²) in [4.78, 5) is 48.7. The van der Waals surface area contributed by atoms with Crippen LogP contribution in [0.25, 0.3) is 6.08 Å². The lowest BCUT2D eigenvalue weighted by molar-refractivity contribution is -0.224. The van der Waals surface area contributed by atoms with E-state index in [1.54, 1.807) is 23.3 Å². The molecule has 3 N–H and O–H groups in total. The first-order valence-corrected chi connectivity index (χ1v) is 21.4. The summed E-state index contributed by atoms with van der Waals surface area (Å²) < 4.78 is 25.9. The maximum absolute atomic E-state index is 14.9. The number of allylic oxidation sites excluding steroid dienone is 1. The molecule has 4 saturated heterocycles. The maximum atomic E-state index is 14.9. The third-order valence-corrected chi connectivity index (χ3v) is 12.9. The van der Waals surface area contributed by atoms with Gasteiger partial charge in [-0.15, -0.1) is 0 Å². The number of ether oxygens (including phenoxy) is 4. The summed E-state index contributed by atoms with van der Waals surface area (Å²) in [5, 5.41) is 16.6. The molecule has 4 aliphatic heterocycles. The Balaban J connectivity index is 1.07. The largest absolute Gasteiger partial charge is 0.458 e. The third kappa shape index (κ3) is 8.31. The minimum absolute atomic E-state index is 0.132. The molecule has 2 amide bonds. The van der Waals surface area contributed by atoms with E-state index in [1.165, 1.54) is 0 Å². The molecular weight excluding hydrogens is 727 g/mol. The monoisotopic (exact) mass is 785 g/mol. The Labute approximate surface area is 335 Å². The van der Waals surface area contributed by atoms with Gasteiger partial charge in [-0.3, -0.25) is 19.2 Å². The molecule has 2 aromatic carbocycles. The number of aliphatic hydroxyl groups excluding tert-OH is 1. The molecule has 9 atom stereocenters. The molecule has 2 aromatic rings. The van der Waals surface area contributed by atoms with E-state index in [0.717, 1.165) is 87.3 Å². The van der Waals surface area contributed by atoms with Gasteiger partial charge in [0.15, 0.2) is 11.8 Å². The molecule has 6 aliphatic rings. The number of nitrogens with one attached hydrogen (secondary N) is 2. The maximum Gasteiger partial charge on any atom is 0.327 e. The highest BCUT2D eigenvalue weighted by atomic mass is 16.8. The highest BCUT2D eigenvalue weighted by molar-refractivity contribution is 5.95. The van der Waals surface area contributed by atoms with E-state index in [1.807, 2.05) is 18.2 Å². The average molecular weight is 786 g/mol. The quantitative estimate of drug-likeness (QED) is 0.0971. The number of nitrogens with zero attached hydrogens (tertiary/aromatic N) is 1. The van der Waals surface area contributed by atoms with Crippen molar-refractivity contribution in [3.63, 3.8) is 0 Å². The molecule has 12 heteroatoms. The highest BCUT2D eigenvalue weighted by Crippen LogP contribution is 2.58. The third-order valence-electron chi connectivity index (χ3n) is 12.9. The number of unbranched alkanes of at least 4 members (excludes halogenated alkanes) is 4. The van der Waals surface area contributed by atoms with Crippen LogP contribution in [0.15, 0.2) is 54.6 Å². The zero-order valence-corrected chi connectivity index (χ0v) is 33.4. The Bertz CT molecular complexity index is 1790. The van der Waals surface area contributed by atoms with E-state index in [2.05, 4.69) is 48.8 Å². The Hall–Kier alpha value is -3.65.